The van der Waals surface area contributed by atoms with Crippen LogP contribution >= 0.6 is 35.6 Å². The second-order valence-corrected chi connectivity index (χ2v) is 8.25. The molecule has 0 atom stereocenters. The smallest absolute Gasteiger partial charge is 0.175 e. The normalized spacial score (nSPS) is 10.5. The highest BCUT2D eigenvalue weighted by molar-refractivity contribution is 7.99. The van der Waals surface area contributed by atoms with Crippen molar-refractivity contribution in [2.45, 2.75) is 36.5 Å². The number of rotatable bonds is 6. The topological polar surface area (TPSA) is 24.1 Å². The Labute approximate surface area is 181 Å². The Hall–Kier alpha value is -2.01. The number of para-hydroxylation sites is 2. The van der Waals surface area contributed by atoms with Gasteiger partial charge in [0.25, 0.3) is 0 Å². The fourth-order valence-electron chi connectivity index (χ4n) is 2.96. The second kappa shape index (κ2) is 9.97. The zero-order valence-electron chi connectivity index (χ0n) is 16.0. The van der Waals surface area contributed by atoms with E-state index in [1.807, 2.05) is 42.5 Å². The molecule has 0 bridgehead atoms. The minimum atomic E-state index is 0.597. The van der Waals surface area contributed by atoms with Gasteiger partial charge < -0.3 is 10.6 Å². The number of halogens is 1. The maximum Gasteiger partial charge on any atom is 0.175 e. The third kappa shape index (κ3) is 5.28. The van der Waals surface area contributed by atoms with Crippen LogP contribution in [0.3, 0.4) is 0 Å². The lowest BCUT2D eigenvalue weighted by molar-refractivity contribution is 1.09. The first-order chi connectivity index (χ1) is 13.6. The van der Waals surface area contributed by atoms with Crippen LogP contribution in [-0.2, 0) is 12.8 Å². The highest BCUT2D eigenvalue weighted by Gasteiger charge is 2.10. The Morgan fingerprint density at radius 1 is 0.857 bits per heavy atom. The number of benzene rings is 3. The van der Waals surface area contributed by atoms with Crippen molar-refractivity contribution in [2.24, 2.45) is 0 Å². The van der Waals surface area contributed by atoms with Crippen LogP contribution < -0.4 is 10.6 Å². The van der Waals surface area contributed by atoms with Crippen molar-refractivity contribution in [3.05, 3.63) is 82.9 Å². The Morgan fingerprint density at radius 3 is 2.14 bits per heavy atom. The number of hydrogen-bond donors (Lipinski definition) is 2. The zero-order chi connectivity index (χ0) is 19.9. The number of anilines is 2. The van der Waals surface area contributed by atoms with Gasteiger partial charge in [-0.1, -0.05) is 67.5 Å². The lowest BCUT2D eigenvalue weighted by atomic mass is 10.0. The predicted octanol–water partition coefficient (Wildman–Crippen LogP) is 7.42. The Bertz CT molecular complexity index is 933. The second-order valence-electron chi connectivity index (χ2n) is 6.29. The van der Waals surface area contributed by atoms with Crippen LogP contribution in [0.2, 0.25) is 5.02 Å². The van der Waals surface area contributed by atoms with E-state index in [-0.39, 0.29) is 0 Å². The molecule has 0 saturated carbocycles. The maximum absolute atomic E-state index is 5.99. The van der Waals surface area contributed by atoms with E-state index in [1.165, 1.54) is 11.1 Å². The van der Waals surface area contributed by atoms with E-state index in [4.69, 9.17) is 23.8 Å². The van der Waals surface area contributed by atoms with Gasteiger partial charge in [-0.2, -0.15) is 0 Å². The molecule has 3 aromatic rings. The van der Waals surface area contributed by atoms with E-state index >= 15 is 0 Å². The summed E-state index contributed by atoms with van der Waals surface area (Å²) in [6.45, 7) is 4.32. The first kappa shape index (κ1) is 20.7. The quantitative estimate of drug-likeness (QED) is 0.400. The molecule has 3 aromatic carbocycles. The third-order valence-electron chi connectivity index (χ3n) is 4.41. The molecule has 0 aliphatic rings. The van der Waals surface area contributed by atoms with Crippen LogP contribution in [-0.4, -0.2) is 5.11 Å². The molecule has 2 N–H and O–H groups in total. The van der Waals surface area contributed by atoms with Gasteiger partial charge in [-0.15, -0.1) is 0 Å². The van der Waals surface area contributed by atoms with Crippen molar-refractivity contribution in [1.29, 1.82) is 0 Å². The van der Waals surface area contributed by atoms with Gasteiger partial charge in [0.15, 0.2) is 5.11 Å². The van der Waals surface area contributed by atoms with Crippen LogP contribution in [0.5, 0.6) is 0 Å². The minimum Gasteiger partial charge on any atom is -0.332 e. The molecule has 5 heteroatoms. The van der Waals surface area contributed by atoms with Gasteiger partial charge in [0.1, 0.15) is 0 Å². The average molecular weight is 427 g/mol. The van der Waals surface area contributed by atoms with Gasteiger partial charge in [0.2, 0.25) is 0 Å². The molecule has 0 saturated heterocycles. The maximum atomic E-state index is 5.99. The molecule has 0 amide bonds. The molecule has 0 heterocycles. The molecule has 2 nitrogen and oxygen atoms in total. The molecule has 0 fully saturated rings. The summed E-state index contributed by atoms with van der Waals surface area (Å²) in [5, 5.41) is 8.12. The van der Waals surface area contributed by atoms with Gasteiger partial charge in [0.05, 0.1) is 5.69 Å². The van der Waals surface area contributed by atoms with Gasteiger partial charge >= 0.3 is 0 Å². The summed E-state index contributed by atoms with van der Waals surface area (Å²) in [5.41, 5.74) is 4.64. The zero-order valence-corrected chi connectivity index (χ0v) is 18.3. The Kier molecular flexibility index (Phi) is 7.37. The van der Waals surface area contributed by atoms with E-state index in [0.29, 0.717) is 5.11 Å². The fraction of sp³-hybridized carbons (Fsp3) is 0.174. The number of nitrogens with one attached hydrogen (secondary N) is 2. The van der Waals surface area contributed by atoms with Crippen LogP contribution in [0, 0.1) is 0 Å². The van der Waals surface area contributed by atoms with Crippen molar-refractivity contribution in [2.75, 3.05) is 10.6 Å². The molecule has 0 aliphatic heterocycles. The SMILES string of the molecule is CCc1cccc(CC)c1NC(=S)Nc1ccccc1Sc1ccc(Cl)cc1. The number of hydrogen-bond acceptors (Lipinski definition) is 2. The molecule has 0 aromatic heterocycles. The Morgan fingerprint density at radius 2 is 1.50 bits per heavy atom. The lowest BCUT2D eigenvalue weighted by Gasteiger charge is -2.18. The summed E-state index contributed by atoms with van der Waals surface area (Å²) in [6.07, 6.45) is 1.92. The molecule has 3 rings (SSSR count). The summed E-state index contributed by atoms with van der Waals surface area (Å²) < 4.78 is 0. The third-order valence-corrected chi connectivity index (χ3v) is 5.95. The summed E-state index contributed by atoms with van der Waals surface area (Å²) in [4.78, 5) is 2.23. The highest BCUT2D eigenvalue weighted by Crippen LogP contribution is 2.34. The van der Waals surface area contributed by atoms with E-state index < -0.39 is 0 Å². The van der Waals surface area contributed by atoms with Gasteiger partial charge in [0, 0.05) is 20.5 Å². The van der Waals surface area contributed by atoms with Gasteiger partial charge in [-0.3, -0.25) is 0 Å². The summed E-state index contributed by atoms with van der Waals surface area (Å²) >= 11 is 13.3. The molecule has 144 valence electrons. The molecule has 0 spiro atoms. The lowest BCUT2D eigenvalue weighted by Crippen LogP contribution is -2.21. The summed E-state index contributed by atoms with van der Waals surface area (Å²) in [5.74, 6) is 0. The van der Waals surface area contributed by atoms with Gasteiger partial charge in [-0.25, -0.2) is 0 Å². The van der Waals surface area contributed by atoms with E-state index in [1.54, 1.807) is 11.8 Å². The average Bonchev–Trinajstić information content (AvgIpc) is 2.71. The van der Waals surface area contributed by atoms with E-state index in [9.17, 15) is 0 Å². The van der Waals surface area contributed by atoms with Crippen molar-refractivity contribution in [1.82, 2.24) is 0 Å². The molecule has 0 radical (unpaired) electrons. The Balaban J connectivity index is 1.77. The van der Waals surface area contributed by atoms with Crippen LogP contribution in [0.15, 0.2) is 76.5 Å². The first-order valence-corrected chi connectivity index (χ1v) is 10.9. The number of aryl methyl sites for hydroxylation is 2. The molecular weight excluding hydrogens is 404 g/mol. The summed E-state index contributed by atoms with van der Waals surface area (Å²) in [6, 6.07) is 22.4. The molecule has 0 aliphatic carbocycles. The number of thiocarbonyl (C=S) groups is 1. The van der Waals surface area contributed by atoms with Crippen molar-refractivity contribution >= 4 is 52.1 Å². The fourth-order valence-corrected chi connectivity index (χ4v) is 4.20. The monoisotopic (exact) mass is 426 g/mol. The van der Waals surface area contributed by atoms with Crippen LogP contribution in [0.1, 0.15) is 25.0 Å². The molecule has 28 heavy (non-hydrogen) atoms. The van der Waals surface area contributed by atoms with E-state index in [2.05, 4.69) is 48.7 Å². The highest BCUT2D eigenvalue weighted by atomic mass is 35.5. The van der Waals surface area contributed by atoms with Crippen molar-refractivity contribution in [3.8, 4) is 0 Å². The summed E-state index contributed by atoms with van der Waals surface area (Å²) in [7, 11) is 0. The van der Waals surface area contributed by atoms with Crippen LogP contribution in [0.4, 0.5) is 11.4 Å². The molecular formula is C23H23ClN2S2. The van der Waals surface area contributed by atoms with Crippen molar-refractivity contribution in [3.63, 3.8) is 0 Å². The molecule has 0 unspecified atom stereocenters. The first-order valence-electron chi connectivity index (χ1n) is 9.32. The van der Waals surface area contributed by atoms with Gasteiger partial charge in [-0.05, 0) is 72.6 Å². The predicted molar refractivity (Wildman–Crippen MR) is 127 cm³/mol. The van der Waals surface area contributed by atoms with E-state index in [0.717, 1.165) is 39.0 Å². The van der Waals surface area contributed by atoms with Crippen LogP contribution in [0.25, 0.3) is 0 Å². The largest absolute Gasteiger partial charge is 0.332 e. The standard InChI is InChI=1S/C23H23ClN2S2/c1-3-16-8-7-9-17(4-2)22(16)26-23(27)25-20-10-5-6-11-21(20)28-19-14-12-18(24)13-15-19/h5-15H,3-4H2,1-2H3,(H2,25,26,27). The van der Waals surface area contributed by atoms with Crippen molar-refractivity contribution < 1.29 is 0 Å². The minimum absolute atomic E-state index is 0.597.